The van der Waals surface area contributed by atoms with Crippen LogP contribution in [0.1, 0.15) is 12.0 Å². The van der Waals surface area contributed by atoms with E-state index in [1.165, 1.54) is 13.2 Å². The average molecular weight is 353 g/mol. The summed E-state index contributed by atoms with van der Waals surface area (Å²) in [4.78, 5) is 16.3. The van der Waals surface area contributed by atoms with Gasteiger partial charge in [0.05, 0.1) is 13.7 Å². The van der Waals surface area contributed by atoms with Gasteiger partial charge in [-0.2, -0.15) is 0 Å². The van der Waals surface area contributed by atoms with Crippen molar-refractivity contribution in [3.63, 3.8) is 0 Å². The molecule has 0 spiro atoms. The molecule has 0 aromatic heterocycles. The number of nitrogens with one attached hydrogen (secondary N) is 1. The first-order valence-electron chi connectivity index (χ1n) is 8.65. The zero-order valence-corrected chi connectivity index (χ0v) is 15.1. The monoisotopic (exact) mass is 353 g/mol. The van der Waals surface area contributed by atoms with Crippen molar-refractivity contribution < 1.29 is 18.7 Å². The lowest BCUT2D eigenvalue weighted by molar-refractivity contribution is -0.122. The Morgan fingerprint density at radius 2 is 1.92 bits per heavy atom. The molecule has 2 rings (SSSR count). The van der Waals surface area contributed by atoms with Gasteiger partial charge in [0.1, 0.15) is 0 Å². The number of halogens is 1. The van der Waals surface area contributed by atoms with Crippen LogP contribution in [-0.4, -0.2) is 75.8 Å². The van der Waals surface area contributed by atoms with E-state index in [1.807, 2.05) is 6.07 Å². The predicted octanol–water partition coefficient (Wildman–Crippen LogP) is 1.10. The molecule has 25 heavy (non-hydrogen) atoms. The first-order chi connectivity index (χ1) is 12.1. The summed E-state index contributed by atoms with van der Waals surface area (Å²) < 4.78 is 23.7. The fourth-order valence-electron chi connectivity index (χ4n) is 2.88. The van der Waals surface area contributed by atoms with Crippen LogP contribution in [0.5, 0.6) is 5.75 Å². The van der Waals surface area contributed by atoms with E-state index in [1.54, 1.807) is 13.2 Å². The van der Waals surface area contributed by atoms with Gasteiger partial charge in [-0.05, 0) is 24.1 Å². The number of nitrogens with zero attached hydrogens (tertiary/aromatic N) is 2. The second kappa shape index (κ2) is 10.3. The van der Waals surface area contributed by atoms with Crippen LogP contribution in [0.4, 0.5) is 4.39 Å². The van der Waals surface area contributed by atoms with Crippen LogP contribution in [0.3, 0.4) is 0 Å². The third-order valence-corrected chi connectivity index (χ3v) is 4.30. The predicted molar refractivity (Wildman–Crippen MR) is 94.2 cm³/mol. The van der Waals surface area contributed by atoms with Gasteiger partial charge in [0, 0.05) is 53.0 Å². The minimum absolute atomic E-state index is 0.0572. The molecule has 140 valence electrons. The number of amides is 1. The van der Waals surface area contributed by atoms with Crippen molar-refractivity contribution in [2.24, 2.45) is 0 Å². The lowest BCUT2D eigenvalue weighted by Crippen LogP contribution is -2.49. The van der Waals surface area contributed by atoms with Crippen LogP contribution >= 0.6 is 0 Å². The zero-order valence-electron chi connectivity index (χ0n) is 15.1. The van der Waals surface area contributed by atoms with Gasteiger partial charge in [0.2, 0.25) is 5.91 Å². The largest absolute Gasteiger partial charge is 0.494 e. The molecule has 1 aliphatic rings. The second-order valence-electron chi connectivity index (χ2n) is 6.22. The Labute approximate surface area is 148 Å². The molecule has 0 radical (unpaired) electrons. The summed E-state index contributed by atoms with van der Waals surface area (Å²) >= 11 is 0. The van der Waals surface area contributed by atoms with Crippen molar-refractivity contribution in [1.82, 2.24) is 15.1 Å². The zero-order chi connectivity index (χ0) is 18.1. The van der Waals surface area contributed by atoms with Gasteiger partial charge in [-0.25, -0.2) is 4.39 Å². The van der Waals surface area contributed by atoms with Crippen LogP contribution in [0.15, 0.2) is 18.2 Å². The molecule has 1 heterocycles. The summed E-state index contributed by atoms with van der Waals surface area (Å²) in [5.41, 5.74) is 0.933. The quantitative estimate of drug-likeness (QED) is 0.674. The number of hydrogen-bond acceptors (Lipinski definition) is 5. The van der Waals surface area contributed by atoms with Gasteiger partial charge in [0.25, 0.3) is 0 Å². The number of hydrogen-bond donors (Lipinski definition) is 1. The highest BCUT2D eigenvalue weighted by atomic mass is 19.1. The summed E-state index contributed by atoms with van der Waals surface area (Å²) in [5, 5.41) is 2.91. The number of methoxy groups -OCH3 is 2. The first kappa shape index (κ1) is 19.6. The highest BCUT2D eigenvalue weighted by Gasteiger charge is 2.19. The molecule has 1 saturated heterocycles. The Morgan fingerprint density at radius 3 is 2.56 bits per heavy atom. The summed E-state index contributed by atoms with van der Waals surface area (Å²) in [5.74, 6) is -0.00404. The maximum Gasteiger partial charge on any atom is 0.234 e. The van der Waals surface area contributed by atoms with Crippen molar-refractivity contribution in [3.05, 3.63) is 29.6 Å². The number of carbonyl (C=O) groups is 1. The highest BCUT2D eigenvalue weighted by molar-refractivity contribution is 5.77. The molecule has 1 aromatic rings. The fourth-order valence-corrected chi connectivity index (χ4v) is 2.88. The SMILES string of the molecule is COCCCNC(=O)CN1CCN(Cc2ccc(OC)c(F)c2)CC1. The lowest BCUT2D eigenvalue weighted by Gasteiger charge is -2.34. The minimum atomic E-state index is -0.330. The van der Waals surface area contributed by atoms with Gasteiger partial charge >= 0.3 is 0 Å². The molecule has 1 amide bonds. The maximum absolute atomic E-state index is 13.8. The van der Waals surface area contributed by atoms with E-state index in [2.05, 4.69) is 15.1 Å². The molecule has 1 aromatic carbocycles. The molecule has 0 unspecified atom stereocenters. The maximum atomic E-state index is 13.8. The lowest BCUT2D eigenvalue weighted by atomic mass is 10.2. The minimum Gasteiger partial charge on any atom is -0.494 e. The number of benzene rings is 1. The van der Waals surface area contributed by atoms with Crippen molar-refractivity contribution in [2.75, 3.05) is 60.1 Å². The van der Waals surface area contributed by atoms with Crippen molar-refractivity contribution in [1.29, 1.82) is 0 Å². The molecule has 1 aliphatic heterocycles. The smallest absolute Gasteiger partial charge is 0.234 e. The standard InChI is InChI=1S/C18H28FN3O3/c1-24-11-3-6-20-18(23)14-22-9-7-21(8-10-22)13-15-4-5-17(25-2)16(19)12-15/h4-5,12H,3,6-11,13-14H2,1-2H3,(H,20,23). The van der Waals surface area contributed by atoms with Crippen LogP contribution in [-0.2, 0) is 16.1 Å². The Balaban J connectivity index is 1.69. The molecule has 0 atom stereocenters. The van der Waals surface area contributed by atoms with Crippen molar-refractivity contribution in [3.8, 4) is 5.75 Å². The summed E-state index contributed by atoms with van der Waals surface area (Å²) in [6.45, 7) is 5.85. The molecule has 0 bridgehead atoms. The van der Waals surface area contributed by atoms with Crippen LogP contribution in [0.2, 0.25) is 0 Å². The normalized spacial score (nSPS) is 16.0. The Hall–Kier alpha value is -1.70. The molecular formula is C18H28FN3O3. The summed E-state index contributed by atoms with van der Waals surface area (Å²) in [6.07, 6.45) is 0.828. The van der Waals surface area contributed by atoms with E-state index >= 15 is 0 Å². The van der Waals surface area contributed by atoms with Crippen LogP contribution in [0.25, 0.3) is 0 Å². The topological polar surface area (TPSA) is 54.0 Å². The number of piperazine rings is 1. The molecular weight excluding hydrogens is 325 g/mol. The number of carbonyl (C=O) groups excluding carboxylic acids is 1. The van der Waals surface area contributed by atoms with E-state index in [-0.39, 0.29) is 17.5 Å². The molecule has 1 N–H and O–H groups in total. The number of ether oxygens (including phenoxy) is 2. The Kier molecular flexibility index (Phi) is 8.11. The molecule has 1 fully saturated rings. The molecule has 6 nitrogen and oxygen atoms in total. The van der Waals surface area contributed by atoms with Gasteiger partial charge in [-0.1, -0.05) is 6.07 Å². The van der Waals surface area contributed by atoms with Crippen molar-refractivity contribution >= 4 is 5.91 Å². The van der Waals surface area contributed by atoms with Gasteiger partial charge in [-0.15, -0.1) is 0 Å². The summed E-state index contributed by atoms with van der Waals surface area (Å²) in [6, 6.07) is 5.08. The average Bonchev–Trinajstić information content (AvgIpc) is 2.61. The van der Waals surface area contributed by atoms with Crippen molar-refractivity contribution in [2.45, 2.75) is 13.0 Å². The first-order valence-corrected chi connectivity index (χ1v) is 8.65. The van der Waals surface area contributed by atoms with E-state index in [0.29, 0.717) is 26.2 Å². The second-order valence-corrected chi connectivity index (χ2v) is 6.22. The van der Waals surface area contributed by atoms with Gasteiger partial charge in [-0.3, -0.25) is 14.6 Å². The van der Waals surface area contributed by atoms with Gasteiger partial charge < -0.3 is 14.8 Å². The fraction of sp³-hybridized carbons (Fsp3) is 0.611. The molecule has 0 aliphatic carbocycles. The third-order valence-electron chi connectivity index (χ3n) is 4.30. The third kappa shape index (κ3) is 6.61. The van der Waals surface area contributed by atoms with E-state index in [0.717, 1.165) is 38.2 Å². The summed E-state index contributed by atoms with van der Waals surface area (Å²) in [7, 11) is 3.12. The Morgan fingerprint density at radius 1 is 1.20 bits per heavy atom. The molecule has 0 saturated carbocycles. The number of rotatable bonds is 9. The van der Waals surface area contributed by atoms with Gasteiger partial charge in [0.15, 0.2) is 11.6 Å². The Bertz CT molecular complexity index is 548. The van der Waals surface area contributed by atoms with E-state index in [9.17, 15) is 9.18 Å². The van der Waals surface area contributed by atoms with E-state index < -0.39 is 0 Å². The highest BCUT2D eigenvalue weighted by Crippen LogP contribution is 2.19. The van der Waals surface area contributed by atoms with Crippen LogP contribution < -0.4 is 10.1 Å². The van der Waals surface area contributed by atoms with E-state index in [4.69, 9.17) is 9.47 Å². The molecule has 7 heteroatoms. The van der Waals surface area contributed by atoms with Crippen LogP contribution in [0, 0.1) is 5.82 Å².